The first-order valence-electron chi connectivity index (χ1n) is 6.52. The van der Waals surface area contributed by atoms with Gasteiger partial charge in [0.1, 0.15) is 0 Å². The van der Waals surface area contributed by atoms with Crippen LogP contribution in [0.1, 0.15) is 45.2 Å². The van der Waals surface area contributed by atoms with Crippen LogP contribution in [-0.4, -0.2) is 17.8 Å². The lowest BCUT2D eigenvalue weighted by molar-refractivity contribution is 0.154. The van der Waals surface area contributed by atoms with E-state index in [4.69, 9.17) is 0 Å². The van der Waals surface area contributed by atoms with Crippen LogP contribution in [0.4, 0.5) is 0 Å². The van der Waals surface area contributed by atoms with Gasteiger partial charge in [-0.25, -0.2) is 0 Å². The molecule has 0 aliphatic rings. The summed E-state index contributed by atoms with van der Waals surface area (Å²) >= 11 is 0. The number of benzene rings is 1. The predicted molar refractivity (Wildman–Crippen MR) is 73.1 cm³/mol. The second kappa shape index (κ2) is 6.18. The van der Waals surface area contributed by atoms with Crippen molar-refractivity contribution >= 4 is 0 Å². The average Bonchev–Trinajstić information content (AvgIpc) is 2.36. The monoisotopic (exact) mass is 235 g/mol. The van der Waals surface area contributed by atoms with E-state index in [0.717, 1.165) is 12.8 Å². The molecule has 0 radical (unpaired) electrons. The molecule has 0 aliphatic carbocycles. The molecule has 2 heteroatoms. The molecule has 2 nitrogen and oxygen atoms in total. The number of aliphatic hydroxyl groups excluding tert-OH is 1. The van der Waals surface area contributed by atoms with Crippen molar-refractivity contribution in [1.82, 2.24) is 5.32 Å². The van der Waals surface area contributed by atoms with E-state index in [1.807, 2.05) is 6.92 Å². The maximum Gasteiger partial charge on any atom is 0.0662 e. The van der Waals surface area contributed by atoms with Crippen LogP contribution in [0.5, 0.6) is 0 Å². The Bertz CT molecular complexity index is 329. The molecule has 0 saturated heterocycles. The zero-order valence-corrected chi connectivity index (χ0v) is 11.5. The average molecular weight is 235 g/mol. The van der Waals surface area contributed by atoms with Gasteiger partial charge in [0, 0.05) is 12.1 Å². The number of hydrogen-bond acceptors (Lipinski definition) is 2. The molecule has 0 saturated carbocycles. The molecular weight excluding hydrogens is 210 g/mol. The molecular formula is C15H25NO. The van der Waals surface area contributed by atoms with E-state index < -0.39 is 0 Å². The van der Waals surface area contributed by atoms with Crippen LogP contribution in [0.3, 0.4) is 0 Å². The minimum absolute atomic E-state index is 0.0948. The summed E-state index contributed by atoms with van der Waals surface area (Å²) in [4.78, 5) is 0. The summed E-state index contributed by atoms with van der Waals surface area (Å²) in [6, 6.07) is 8.69. The summed E-state index contributed by atoms with van der Waals surface area (Å²) in [5.41, 5.74) is 2.53. The van der Waals surface area contributed by atoms with E-state index in [1.165, 1.54) is 11.1 Å². The molecule has 0 bridgehead atoms. The zero-order valence-electron chi connectivity index (χ0n) is 11.5. The van der Waals surface area contributed by atoms with E-state index in [-0.39, 0.29) is 11.6 Å². The third kappa shape index (κ3) is 4.14. The van der Waals surface area contributed by atoms with Crippen LogP contribution in [0.2, 0.25) is 0 Å². The lowest BCUT2D eigenvalue weighted by atomic mass is 9.93. The van der Waals surface area contributed by atoms with Crippen molar-refractivity contribution in [2.75, 3.05) is 6.54 Å². The number of hydrogen-bond donors (Lipinski definition) is 2. The Kier molecular flexibility index (Phi) is 5.16. The summed E-state index contributed by atoms with van der Waals surface area (Å²) in [5, 5.41) is 13.0. The lowest BCUT2D eigenvalue weighted by Gasteiger charge is -2.28. The third-order valence-electron chi connectivity index (χ3n) is 3.33. The highest BCUT2D eigenvalue weighted by atomic mass is 16.3. The molecule has 2 N–H and O–H groups in total. The normalized spacial score (nSPS) is 13.7. The molecule has 1 aromatic rings. The fourth-order valence-electron chi connectivity index (χ4n) is 1.78. The number of rotatable bonds is 6. The molecule has 96 valence electrons. The molecule has 0 spiro atoms. The molecule has 0 aromatic heterocycles. The van der Waals surface area contributed by atoms with Crippen molar-refractivity contribution < 1.29 is 5.11 Å². The van der Waals surface area contributed by atoms with Gasteiger partial charge < -0.3 is 10.4 Å². The Morgan fingerprint density at radius 3 is 2.24 bits per heavy atom. The first-order valence-corrected chi connectivity index (χ1v) is 6.52. The minimum atomic E-state index is -0.260. The molecule has 0 fully saturated rings. The summed E-state index contributed by atoms with van der Waals surface area (Å²) in [5.74, 6) is 0. The molecule has 0 amide bonds. The minimum Gasteiger partial charge on any atom is -0.392 e. The second-order valence-corrected chi connectivity index (χ2v) is 5.12. The molecule has 1 rings (SSSR count). The summed E-state index contributed by atoms with van der Waals surface area (Å²) in [7, 11) is 0. The van der Waals surface area contributed by atoms with Gasteiger partial charge >= 0.3 is 0 Å². The highest BCUT2D eigenvalue weighted by Gasteiger charge is 2.20. The fourth-order valence-corrected chi connectivity index (χ4v) is 1.78. The first kappa shape index (κ1) is 14.2. The molecule has 1 atom stereocenters. The van der Waals surface area contributed by atoms with Gasteiger partial charge in [0.2, 0.25) is 0 Å². The Morgan fingerprint density at radius 1 is 1.18 bits per heavy atom. The van der Waals surface area contributed by atoms with Crippen LogP contribution in [0, 0.1) is 0 Å². The van der Waals surface area contributed by atoms with Gasteiger partial charge in [-0.2, -0.15) is 0 Å². The Labute approximate surface area is 105 Å². The smallest absolute Gasteiger partial charge is 0.0662 e. The van der Waals surface area contributed by atoms with Crippen molar-refractivity contribution in [3.63, 3.8) is 0 Å². The fraction of sp³-hybridized carbons (Fsp3) is 0.600. The van der Waals surface area contributed by atoms with Crippen LogP contribution in [-0.2, 0) is 12.0 Å². The summed E-state index contributed by atoms with van der Waals surface area (Å²) < 4.78 is 0. The van der Waals surface area contributed by atoms with Crippen molar-refractivity contribution in [2.45, 2.75) is 52.2 Å². The van der Waals surface area contributed by atoms with Gasteiger partial charge in [0.15, 0.2) is 0 Å². The standard InChI is InChI=1S/C15H25NO/c1-5-12-7-9-13(10-8-12)15(3,4)16-11-14(17)6-2/h7-10,14,16-17H,5-6,11H2,1-4H3/t14-/m1/s1. The van der Waals surface area contributed by atoms with Gasteiger partial charge in [0.25, 0.3) is 0 Å². The van der Waals surface area contributed by atoms with Gasteiger partial charge in [-0.3, -0.25) is 0 Å². The highest BCUT2D eigenvalue weighted by molar-refractivity contribution is 5.27. The van der Waals surface area contributed by atoms with Crippen LogP contribution >= 0.6 is 0 Å². The quantitative estimate of drug-likeness (QED) is 0.794. The SMILES string of the molecule is CCc1ccc(C(C)(C)NC[C@H](O)CC)cc1. The molecule has 0 unspecified atom stereocenters. The summed E-state index contributed by atoms with van der Waals surface area (Å²) in [6.07, 6.45) is 1.60. The molecule has 17 heavy (non-hydrogen) atoms. The number of aliphatic hydroxyl groups is 1. The van der Waals surface area contributed by atoms with E-state index in [0.29, 0.717) is 6.54 Å². The van der Waals surface area contributed by atoms with Gasteiger partial charge in [-0.15, -0.1) is 0 Å². The second-order valence-electron chi connectivity index (χ2n) is 5.12. The largest absolute Gasteiger partial charge is 0.392 e. The zero-order chi connectivity index (χ0) is 12.9. The topological polar surface area (TPSA) is 32.3 Å². The molecule has 0 heterocycles. The van der Waals surface area contributed by atoms with Gasteiger partial charge in [-0.1, -0.05) is 38.1 Å². The van der Waals surface area contributed by atoms with E-state index >= 15 is 0 Å². The Balaban J connectivity index is 2.67. The van der Waals surface area contributed by atoms with Crippen LogP contribution < -0.4 is 5.32 Å². The number of aryl methyl sites for hydroxylation is 1. The highest BCUT2D eigenvalue weighted by Crippen LogP contribution is 2.20. The lowest BCUT2D eigenvalue weighted by Crippen LogP contribution is -2.41. The maximum atomic E-state index is 9.59. The van der Waals surface area contributed by atoms with Gasteiger partial charge in [-0.05, 0) is 37.8 Å². The van der Waals surface area contributed by atoms with Crippen LogP contribution in [0.25, 0.3) is 0 Å². The summed E-state index contributed by atoms with van der Waals surface area (Å²) in [6.45, 7) is 9.09. The molecule has 1 aromatic carbocycles. The van der Waals surface area contributed by atoms with Crippen LogP contribution in [0.15, 0.2) is 24.3 Å². The van der Waals surface area contributed by atoms with Crippen molar-refractivity contribution in [3.05, 3.63) is 35.4 Å². The van der Waals surface area contributed by atoms with Crippen molar-refractivity contribution in [2.24, 2.45) is 0 Å². The van der Waals surface area contributed by atoms with Crippen molar-refractivity contribution in [3.8, 4) is 0 Å². The maximum absolute atomic E-state index is 9.59. The van der Waals surface area contributed by atoms with Gasteiger partial charge in [0.05, 0.1) is 6.10 Å². The van der Waals surface area contributed by atoms with Crippen molar-refractivity contribution in [1.29, 1.82) is 0 Å². The number of nitrogens with one attached hydrogen (secondary N) is 1. The Hall–Kier alpha value is -0.860. The van der Waals surface area contributed by atoms with E-state index in [1.54, 1.807) is 0 Å². The third-order valence-corrected chi connectivity index (χ3v) is 3.33. The van der Waals surface area contributed by atoms with E-state index in [2.05, 4.69) is 50.4 Å². The predicted octanol–water partition coefficient (Wildman–Crippen LogP) is 2.84. The molecule has 0 aliphatic heterocycles. The Morgan fingerprint density at radius 2 is 1.76 bits per heavy atom. The van der Waals surface area contributed by atoms with E-state index in [9.17, 15) is 5.11 Å². The first-order chi connectivity index (χ1) is 7.99.